The highest BCUT2D eigenvalue weighted by Gasteiger charge is 2.24. The summed E-state index contributed by atoms with van der Waals surface area (Å²) >= 11 is 1.83. The number of hydrogen-bond donors (Lipinski definition) is 1. The van der Waals surface area contributed by atoms with Gasteiger partial charge in [-0.25, -0.2) is 0 Å². The van der Waals surface area contributed by atoms with Crippen molar-refractivity contribution in [2.24, 2.45) is 0 Å². The summed E-state index contributed by atoms with van der Waals surface area (Å²) in [5.74, 6) is 0.933. The van der Waals surface area contributed by atoms with Gasteiger partial charge in [0.2, 0.25) is 0 Å². The first-order valence-electron chi connectivity index (χ1n) is 9.15. The second-order valence-electron chi connectivity index (χ2n) is 6.55. The lowest BCUT2D eigenvalue weighted by Gasteiger charge is -2.34. The Hall–Kier alpha value is -1.56. The Balaban J connectivity index is 0.00000140. The second kappa shape index (κ2) is 11.4. The van der Waals surface area contributed by atoms with E-state index in [4.69, 9.17) is 4.74 Å². The van der Waals surface area contributed by atoms with Crippen LogP contribution in [0.5, 0.6) is 5.75 Å². The molecular weight excluding hydrogens is 411 g/mol. The van der Waals surface area contributed by atoms with E-state index in [1.54, 1.807) is 0 Å². The van der Waals surface area contributed by atoms with E-state index in [-0.39, 0.29) is 24.8 Å². The van der Waals surface area contributed by atoms with Gasteiger partial charge in [-0.15, -0.1) is 36.2 Å². The van der Waals surface area contributed by atoms with Crippen LogP contribution in [-0.2, 0) is 6.61 Å². The van der Waals surface area contributed by atoms with Crippen molar-refractivity contribution in [1.29, 1.82) is 0 Å². The SMILES string of the molecule is Cl.Cl.c1ccc(COc2cccc([C@H](c3cccs3)N3CCNCC3)c2)cc1. The number of benzene rings is 2. The third-order valence-corrected chi connectivity index (χ3v) is 5.68. The monoisotopic (exact) mass is 436 g/mol. The minimum atomic E-state index is 0. The van der Waals surface area contributed by atoms with Crippen molar-refractivity contribution in [2.75, 3.05) is 26.2 Å². The number of ether oxygens (including phenoxy) is 1. The van der Waals surface area contributed by atoms with Crippen LogP contribution < -0.4 is 10.1 Å². The summed E-state index contributed by atoms with van der Waals surface area (Å²) in [6.07, 6.45) is 0. The van der Waals surface area contributed by atoms with Gasteiger partial charge >= 0.3 is 0 Å². The third-order valence-electron chi connectivity index (χ3n) is 4.75. The molecule has 1 aliphatic rings. The first-order chi connectivity index (χ1) is 12.9. The van der Waals surface area contributed by atoms with Crippen molar-refractivity contribution in [1.82, 2.24) is 10.2 Å². The Kier molecular flexibility index (Phi) is 9.29. The number of rotatable bonds is 6. The van der Waals surface area contributed by atoms with Crippen molar-refractivity contribution in [3.05, 3.63) is 88.1 Å². The smallest absolute Gasteiger partial charge is 0.120 e. The Morgan fingerprint density at radius 1 is 0.929 bits per heavy atom. The number of nitrogens with zero attached hydrogens (tertiary/aromatic N) is 1. The largest absolute Gasteiger partial charge is 0.489 e. The van der Waals surface area contributed by atoms with E-state index < -0.39 is 0 Å². The fourth-order valence-corrected chi connectivity index (χ4v) is 4.34. The number of piperazine rings is 1. The van der Waals surface area contributed by atoms with Gasteiger partial charge < -0.3 is 10.1 Å². The maximum Gasteiger partial charge on any atom is 0.120 e. The van der Waals surface area contributed by atoms with Crippen molar-refractivity contribution in [3.63, 3.8) is 0 Å². The van der Waals surface area contributed by atoms with E-state index in [2.05, 4.69) is 64.1 Å². The molecule has 0 bridgehead atoms. The molecule has 3 aromatic rings. The normalized spacial score (nSPS) is 15.1. The van der Waals surface area contributed by atoms with Gasteiger partial charge in [-0.05, 0) is 34.7 Å². The molecule has 0 saturated carbocycles. The van der Waals surface area contributed by atoms with Gasteiger partial charge in [0, 0.05) is 31.1 Å². The van der Waals surface area contributed by atoms with Gasteiger partial charge in [-0.3, -0.25) is 4.90 Å². The predicted molar refractivity (Wildman–Crippen MR) is 122 cm³/mol. The number of halogens is 2. The van der Waals surface area contributed by atoms with E-state index in [0.717, 1.165) is 31.9 Å². The average Bonchev–Trinajstić information content (AvgIpc) is 3.23. The van der Waals surface area contributed by atoms with Crippen LogP contribution >= 0.6 is 36.2 Å². The summed E-state index contributed by atoms with van der Waals surface area (Å²) in [6, 6.07) is 23.6. The number of thiophene rings is 1. The molecule has 0 spiro atoms. The van der Waals surface area contributed by atoms with Crippen LogP contribution in [-0.4, -0.2) is 31.1 Å². The van der Waals surface area contributed by atoms with E-state index in [1.165, 1.54) is 16.0 Å². The number of hydrogen-bond acceptors (Lipinski definition) is 4. The van der Waals surface area contributed by atoms with Crippen molar-refractivity contribution < 1.29 is 4.74 Å². The standard InChI is InChI=1S/C22H24N2OS.2ClH/c1-2-6-18(7-3-1)17-25-20-9-4-8-19(16-20)22(21-10-5-15-26-21)24-13-11-23-12-14-24;;/h1-10,15-16,22-23H,11-14,17H2;2*1H/t22-;;/m1../s1. The molecule has 1 saturated heterocycles. The maximum absolute atomic E-state index is 6.06. The summed E-state index contributed by atoms with van der Waals surface area (Å²) in [5.41, 5.74) is 2.50. The minimum absolute atomic E-state index is 0. The molecule has 150 valence electrons. The molecular formula is C22H26Cl2N2OS. The quantitative estimate of drug-likeness (QED) is 0.576. The third kappa shape index (κ3) is 5.72. The fraction of sp³-hybridized carbons (Fsp3) is 0.273. The van der Waals surface area contributed by atoms with E-state index in [0.29, 0.717) is 12.6 Å². The number of nitrogens with one attached hydrogen (secondary N) is 1. The van der Waals surface area contributed by atoms with Gasteiger partial charge in [0.25, 0.3) is 0 Å². The summed E-state index contributed by atoms with van der Waals surface area (Å²) in [4.78, 5) is 3.96. The predicted octanol–water partition coefficient (Wildman–Crippen LogP) is 5.17. The molecule has 6 heteroatoms. The van der Waals surface area contributed by atoms with Gasteiger partial charge in [0.1, 0.15) is 12.4 Å². The first kappa shape index (κ1) is 22.7. The van der Waals surface area contributed by atoms with E-state index in [9.17, 15) is 0 Å². The molecule has 1 N–H and O–H groups in total. The van der Waals surface area contributed by atoms with Gasteiger partial charge in [-0.1, -0.05) is 48.5 Å². The Morgan fingerprint density at radius 3 is 2.43 bits per heavy atom. The van der Waals surface area contributed by atoms with Crippen LogP contribution in [0, 0.1) is 0 Å². The molecule has 28 heavy (non-hydrogen) atoms. The molecule has 0 aliphatic carbocycles. The van der Waals surface area contributed by atoms with Crippen molar-refractivity contribution in [2.45, 2.75) is 12.6 Å². The molecule has 3 nitrogen and oxygen atoms in total. The summed E-state index contributed by atoms with van der Waals surface area (Å²) in [5, 5.41) is 5.62. The van der Waals surface area contributed by atoms with Crippen LogP contribution in [0.1, 0.15) is 22.0 Å². The molecule has 1 aromatic heterocycles. The van der Waals surface area contributed by atoms with E-state index >= 15 is 0 Å². The molecule has 1 aliphatic heterocycles. The lowest BCUT2D eigenvalue weighted by Crippen LogP contribution is -2.45. The molecule has 1 fully saturated rings. The Morgan fingerprint density at radius 2 is 1.71 bits per heavy atom. The first-order valence-corrected chi connectivity index (χ1v) is 10.0. The Bertz CT molecular complexity index is 808. The maximum atomic E-state index is 6.06. The zero-order valence-electron chi connectivity index (χ0n) is 15.6. The van der Waals surface area contributed by atoms with Gasteiger partial charge in [0.15, 0.2) is 0 Å². The van der Waals surface area contributed by atoms with Crippen molar-refractivity contribution in [3.8, 4) is 5.75 Å². The summed E-state index contributed by atoms with van der Waals surface area (Å²) in [7, 11) is 0. The summed E-state index contributed by atoms with van der Waals surface area (Å²) < 4.78 is 6.06. The van der Waals surface area contributed by atoms with E-state index in [1.807, 2.05) is 29.5 Å². The fourth-order valence-electron chi connectivity index (χ4n) is 3.46. The zero-order valence-corrected chi connectivity index (χ0v) is 18.1. The topological polar surface area (TPSA) is 24.5 Å². The van der Waals surface area contributed by atoms with Crippen LogP contribution in [0.3, 0.4) is 0 Å². The second-order valence-corrected chi connectivity index (χ2v) is 7.53. The lowest BCUT2D eigenvalue weighted by molar-refractivity contribution is 0.200. The highest BCUT2D eigenvalue weighted by atomic mass is 35.5. The molecule has 0 radical (unpaired) electrons. The van der Waals surface area contributed by atoms with Crippen molar-refractivity contribution >= 4 is 36.2 Å². The highest BCUT2D eigenvalue weighted by molar-refractivity contribution is 7.10. The van der Waals surface area contributed by atoms with Gasteiger partial charge in [-0.2, -0.15) is 0 Å². The minimum Gasteiger partial charge on any atom is -0.489 e. The molecule has 2 heterocycles. The lowest BCUT2D eigenvalue weighted by atomic mass is 10.0. The van der Waals surface area contributed by atoms with Gasteiger partial charge in [0.05, 0.1) is 6.04 Å². The zero-order chi connectivity index (χ0) is 17.6. The summed E-state index contributed by atoms with van der Waals surface area (Å²) in [6.45, 7) is 4.83. The molecule has 0 unspecified atom stereocenters. The molecule has 4 rings (SSSR count). The van der Waals surface area contributed by atoms with Crippen LogP contribution in [0.15, 0.2) is 72.1 Å². The average molecular weight is 437 g/mol. The van der Waals surface area contributed by atoms with Crippen LogP contribution in [0.25, 0.3) is 0 Å². The molecule has 0 amide bonds. The highest BCUT2D eigenvalue weighted by Crippen LogP contribution is 2.33. The molecule has 1 atom stereocenters. The van der Waals surface area contributed by atoms with Crippen LogP contribution in [0.4, 0.5) is 0 Å². The van der Waals surface area contributed by atoms with Crippen LogP contribution in [0.2, 0.25) is 0 Å². The Labute approximate surface area is 183 Å². The molecule has 2 aromatic carbocycles.